The van der Waals surface area contributed by atoms with E-state index in [1.165, 1.54) is 12.1 Å². The average molecular weight is 603 g/mol. The predicted octanol–water partition coefficient (Wildman–Crippen LogP) is 3.38. The van der Waals surface area contributed by atoms with E-state index in [1.54, 1.807) is 0 Å². The number of carbonyl (C=O) groups is 1. The summed E-state index contributed by atoms with van der Waals surface area (Å²) in [5, 5.41) is 40.5. The van der Waals surface area contributed by atoms with E-state index in [0.29, 0.717) is 0 Å². The van der Waals surface area contributed by atoms with Gasteiger partial charge in [-0.1, -0.05) is 91.0 Å². The van der Waals surface area contributed by atoms with E-state index in [1.807, 2.05) is 91.0 Å². The molecule has 0 spiro atoms. The summed E-state index contributed by atoms with van der Waals surface area (Å²) in [6.07, 6.45) is -7.99. The van der Waals surface area contributed by atoms with Crippen LogP contribution in [0.4, 0.5) is 0 Å². The Bertz CT molecular complexity index is 1420. The SMILES string of the molecule is O=C(O[C@H]1[C@H](O)[C@@H](CO)OC(O)[C@@H]1O)c1cc(OCc2ccccc2)c(OCc2ccccc2)c(OCc2ccccc2)c1. The molecule has 44 heavy (non-hydrogen) atoms. The van der Waals surface area contributed by atoms with Crippen molar-refractivity contribution in [2.24, 2.45) is 0 Å². The Morgan fingerprint density at radius 2 is 1.11 bits per heavy atom. The normalized spacial score (nSPS) is 21.3. The second-order valence-electron chi connectivity index (χ2n) is 10.2. The first kappa shape index (κ1) is 31.0. The van der Waals surface area contributed by atoms with Crippen LogP contribution < -0.4 is 14.2 Å². The number of benzene rings is 4. The standard InChI is InChI=1S/C34H34O10/c35-18-28-29(36)32(30(37)34(39)43-28)44-33(38)25-16-26(40-19-22-10-4-1-5-11-22)31(42-21-24-14-8-3-9-15-24)27(17-25)41-20-23-12-6-2-7-13-23/h1-17,28-30,32,34-37,39H,18-21H2/t28-,29-,30-,32+,34?/m1/s1. The van der Waals surface area contributed by atoms with Gasteiger partial charge in [-0.05, 0) is 28.8 Å². The van der Waals surface area contributed by atoms with Gasteiger partial charge in [0.15, 0.2) is 23.9 Å². The zero-order valence-electron chi connectivity index (χ0n) is 23.8. The van der Waals surface area contributed by atoms with Crippen LogP contribution in [0.1, 0.15) is 27.0 Å². The highest BCUT2D eigenvalue weighted by Crippen LogP contribution is 2.41. The van der Waals surface area contributed by atoms with Gasteiger partial charge in [0.25, 0.3) is 0 Å². The Morgan fingerprint density at radius 1 is 0.659 bits per heavy atom. The highest BCUT2D eigenvalue weighted by atomic mass is 16.7. The first-order chi connectivity index (χ1) is 21.4. The molecule has 10 heteroatoms. The molecule has 4 aromatic rings. The molecule has 10 nitrogen and oxygen atoms in total. The van der Waals surface area contributed by atoms with E-state index < -0.39 is 43.3 Å². The van der Waals surface area contributed by atoms with Crippen molar-refractivity contribution in [2.75, 3.05) is 6.61 Å². The number of aliphatic hydroxyl groups is 4. The minimum Gasteiger partial charge on any atom is -0.485 e. The van der Waals surface area contributed by atoms with Crippen LogP contribution in [0.3, 0.4) is 0 Å². The third kappa shape index (κ3) is 7.73. The van der Waals surface area contributed by atoms with Crippen molar-refractivity contribution >= 4 is 5.97 Å². The molecule has 1 saturated heterocycles. The highest BCUT2D eigenvalue weighted by Gasteiger charge is 2.46. The number of ether oxygens (including phenoxy) is 5. The first-order valence-corrected chi connectivity index (χ1v) is 14.1. The van der Waals surface area contributed by atoms with Crippen LogP contribution in [0.15, 0.2) is 103 Å². The molecule has 1 aliphatic rings. The molecule has 0 saturated carbocycles. The van der Waals surface area contributed by atoms with Gasteiger partial charge in [-0.15, -0.1) is 0 Å². The molecule has 230 valence electrons. The van der Waals surface area contributed by atoms with Crippen molar-refractivity contribution in [3.05, 3.63) is 125 Å². The quantitative estimate of drug-likeness (QED) is 0.178. The molecule has 5 rings (SSSR count). The van der Waals surface area contributed by atoms with Crippen molar-refractivity contribution in [3.8, 4) is 17.2 Å². The molecule has 1 heterocycles. The van der Waals surface area contributed by atoms with Gasteiger partial charge < -0.3 is 44.1 Å². The largest absolute Gasteiger partial charge is 0.485 e. The minimum atomic E-state index is -1.78. The average Bonchev–Trinajstić information content (AvgIpc) is 3.06. The molecule has 5 atom stereocenters. The van der Waals surface area contributed by atoms with Crippen LogP contribution in [-0.2, 0) is 29.3 Å². The molecular weight excluding hydrogens is 568 g/mol. The Hall–Kier alpha value is -4.45. The van der Waals surface area contributed by atoms with Gasteiger partial charge in [0.1, 0.15) is 38.1 Å². The molecule has 1 aliphatic heterocycles. The lowest BCUT2D eigenvalue weighted by atomic mass is 9.99. The van der Waals surface area contributed by atoms with Crippen LogP contribution in [0.25, 0.3) is 0 Å². The van der Waals surface area contributed by atoms with Crippen molar-refractivity contribution < 1.29 is 48.9 Å². The smallest absolute Gasteiger partial charge is 0.338 e. The number of rotatable bonds is 12. The second-order valence-corrected chi connectivity index (χ2v) is 10.2. The topological polar surface area (TPSA) is 144 Å². The Kier molecular flexibility index (Phi) is 10.4. The zero-order chi connectivity index (χ0) is 30.9. The Labute approximate surface area is 254 Å². The van der Waals surface area contributed by atoms with Crippen LogP contribution in [-0.4, -0.2) is 63.7 Å². The summed E-state index contributed by atoms with van der Waals surface area (Å²) in [6.45, 7) is -0.168. The molecule has 0 amide bonds. The van der Waals surface area contributed by atoms with E-state index in [9.17, 15) is 25.2 Å². The summed E-state index contributed by atoms with van der Waals surface area (Å²) in [5.74, 6) is -0.283. The van der Waals surface area contributed by atoms with Gasteiger partial charge in [0.05, 0.1) is 12.2 Å². The van der Waals surface area contributed by atoms with Gasteiger partial charge in [-0.25, -0.2) is 4.79 Å². The lowest BCUT2D eigenvalue weighted by Crippen LogP contribution is -2.59. The van der Waals surface area contributed by atoms with Gasteiger partial charge in [0.2, 0.25) is 5.75 Å². The lowest BCUT2D eigenvalue weighted by molar-refractivity contribution is -0.285. The fraction of sp³-hybridized carbons (Fsp3) is 0.265. The third-order valence-corrected chi connectivity index (χ3v) is 7.04. The molecule has 4 aromatic carbocycles. The van der Waals surface area contributed by atoms with Crippen LogP contribution in [0.5, 0.6) is 17.2 Å². The van der Waals surface area contributed by atoms with E-state index in [-0.39, 0.29) is 42.6 Å². The van der Waals surface area contributed by atoms with Gasteiger partial charge in [-0.2, -0.15) is 0 Å². The molecule has 0 radical (unpaired) electrons. The number of carbonyl (C=O) groups excluding carboxylic acids is 1. The maximum atomic E-state index is 13.5. The van der Waals surface area contributed by atoms with Gasteiger partial charge in [0, 0.05) is 0 Å². The maximum absolute atomic E-state index is 13.5. The molecule has 0 bridgehead atoms. The first-order valence-electron chi connectivity index (χ1n) is 14.1. The highest BCUT2D eigenvalue weighted by molar-refractivity contribution is 5.91. The zero-order valence-corrected chi connectivity index (χ0v) is 23.8. The van der Waals surface area contributed by atoms with Crippen LogP contribution in [0.2, 0.25) is 0 Å². The lowest BCUT2D eigenvalue weighted by Gasteiger charge is -2.39. The molecule has 1 fully saturated rings. The summed E-state index contributed by atoms with van der Waals surface area (Å²) in [4.78, 5) is 13.5. The minimum absolute atomic E-state index is 0.0240. The summed E-state index contributed by atoms with van der Waals surface area (Å²) >= 11 is 0. The van der Waals surface area contributed by atoms with Crippen molar-refractivity contribution in [1.82, 2.24) is 0 Å². The Morgan fingerprint density at radius 3 is 1.57 bits per heavy atom. The van der Waals surface area contributed by atoms with E-state index >= 15 is 0 Å². The second kappa shape index (κ2) is 14.8. The number of hydrogen-bond donors (Lipinski definition) is 4. The monoisotopic (exact) mass is 602 g/mol. The van der Waals surface area contributed by atoms with E-state index in [2.05, 4.69) is 0 Å². The van der Waals surface area contributed by atoms with Gasteiger partial charge in [-0.3, -0.25) is 0 Å². The van der Waals surface area contributed by atoms with Crippen LogP contribution in [0, 0.1) is 0 Å². The number of hydrogen-bond acceptors (Lipinski definition) is 10. The number of aliphatic hydroxyl groups excluding tert-OH is 4. The van der Waals surface area contributed by atoms with E-state index in [0.717, 1.165) is 16.7 Å². The number of esters is 1. The summed E-state index contributed by atoms with van der Waals surface area (Å²) in [7, 11) is 0. The molecule has 0 aromatic heterocycles. The summed E-state index contributed by atoms with van der Waals surface area (Å²) < 4.78 is 29.0. The Balaban J connectivity index is 1.49. The molecular formula is C34H34O10. The maximum Gasteiger partial charge on any atom is 0.338 e. The molecule has 1 unspecified atom stereocenters. The predicted molar refractivity (Wildman–Crippen MR) is 158 cm³/mol. The fourth-order valence-corrected chi connectivity index (χ4v) is 4.65. The van der Waals surface area contributed by atoms with Crippen LogP contribution >= 0.6 is 0 Å². The van der Waals surface area contributed by atoms with Crippen molar-refractivity contribution in [2.45, 2.75) is 50.5 Å². The molecule has 0 aliphatic carbocycles. The van der Waals surface area contributed by atoms with Crippen molar-refractivity contribution in [1.29, 1.82) is 0 Å². The third-order valence-electron chi connectivity index (χ3n) is 7.04. The summed E-state index contributed by atoms with van der Waals surface area (Å²) in [5.41, 5.74) is 2.63. The van der Waals surface area contributed by atoms with Gasteiger partial charge >= 0.3 is 5.97 Å². The molecule has 4 N–H and O–H groups in total. The van der Waals surface area contributed by atoms with E-state index in [4.69, 9.17) is 23.7 Å². The summed E-state index contributed by atoms with van der Waals surface area (Å²) in [6, 6.07) is 31.3. The van der Waals surface area contributed by atoms with Crippen molar-refractivity contribution in [3.63, 3.8) is 0 Å². The fourth-order valence-electron chi connectivity index (χ4n) is 4.65.